The van der Waals surface area contributed by atoms with Crippen LogP contribution in [0.4, 0.5) is 13.9 Å². The normalized spacial score (nSPS) is 23.4. The number of likely N-dealkylation sites (tertiary alicyclic amines) is 2. The van der Waals surface area contributed by atoms with Gasteiger partial charge in [-0.3, -0.25) is 14.7 Å². The maximum atomic E-state index is 13.1. The highest BCUT2D eigenvalue weighted by Crippen LogP contribution is 2.42. The number of hydrogen-bond donors (Lipinski definition) is 0. The van der Waals surface area contributed by atoms with E-state index in [-0.39, 0.29) is 30.8 Å². The SMILES string of the molecule is CN(Cc1ccccn1)c1ncc(C(=O)N2CCC(N3CCCC(OCC4CC(F)(F)C4)C3)CC2)s1. The Morgan fingerprint density at radius 2 is 2.00 bits per heavy atom. The number of carbonyl (C=O) groups is 1. The summed E-state index contributed by atoms with van der Waals surface area (Å²) in [4.78, 5) is 29.1. The largest absolute Gasteiger partial charge is 0.377 e. The van der Waals surface area contributed by atoms with E-state index in [1.54, 1.807) is 12.4 Å². The number of halogens is 2. The van der Waals surface area contributed by atoms with Gasteiger partial charge in [0.25, 0.3) is 5.91 Å². The van der Waals surface area contributed by atoms with Crippen LogP contribution < -0.4 is 4.90 Å². The van der Waals surface area contributed by atoms with E-state index in [1.807, 2.05) is 35.0 Å². The van der Waals surface area contributed by atoms with Gasteiger partial charge in [0.15, 0.2) is 5.13 Å². The van der Waals surface area contributed by atoms with Crippen molar-refractivity contribution in [2.45, 2.75) is 63.1 Å². The van der Waals surface area contributed by atoms with Crippen molar-refractivity contribution in [2.24, 2.45) is 5.92 Å². The van der Waals surface area contributed by atoms with Gasteiger partial charge in [-0.05, 0) is 50.3 Å². The summed E-state index contributed by atoms with van der Waals surface area (Å²) < 4.78 is 32.2. The van der Waals surface area contributed by atoms with Crippen LogP contribution in [0.5, 0.6) is 0 Å². The number of carbonyl (C=O) groups excluding carboxylic acids is 1. The molecular formula is C26H35F2N5O2S. The average molecular weight is 520 g/mol. The van der Waals surface area contributed by atoms with Gasteiger partial charge in [-0.2, -0.15) is 0 Å². The Morgan fingerprint density at radius 3 is 2.72 bits per heavy atom. The number of anilines is 1. The van der Waals surface area contributed by atoms with Gasteiger partial charge in [0.05, 0.1) is 31.1 Å². The number of aromatic nitrogens is 2. The molecule has 0 N–H and O–H groups in total. The molecule has 0 radical (unpaired) electrons. The van der Waals surface area contributed by atoms with Gasteiger partial charge < -0.3 is 14.5 Å². The number of hydrogen-bond acceptors (Lipinski definition) is 7. The van der Waals surface area contributed by atoms with E-state index in [2.05, 4.69) is 14.9 Å². The zero-order valence-electron chi connectivity index (χ0n) is 20.8. The number of ether oxygens (including phenoxy) is 1. The molecule has 0 spiro atoms. The van der Waals surface area contributed by atoms with Crippen molar-refractivity contribution >= 4 is 22.4 Å². The van der Waals surface area contributed by atoms with E-state index in [0.29, 0.717) is 24.1 Å². The number of thiazole rings is 1. The third-order valence-corrected chi connectivity index (χ3v) is 8.68. The Kier molecular flexibility index (Phi) is 7.83. The fourth-order valence-corrected chi connectivity index (χ4v) is 6.39. The highest BCUT2D eigenvalue weighted by Gasteiger charge is 2.45. The molecule has 1 aliphatic carbocycles. The van der Waals surface area contributed by atoms with E-state index in [4.69, 9.17) is 4.74 Å². The Bertz CT molecular complexity index is 1010. The fourth-order valence-electron chi connectivity index (χ4n) is 5.54. The lowest BCUT2D eigenvalue weighted by molar-refractivity contribution is -0.139. The first-order valence-electron chi connectivity index (χ1n) is 13.0. The Labute approximate surface area is 215 Å². The third-order valence-electron chi connectivity index (χ3n) is 7.58. The minimum absolute atomic E-state index is 0.00618. The van der Waals surface area contributed by atoms with Crippen molar-refractivity contribution in [1.82, 2.24) is 19.8 Å². The molecule has 3 aliphatic rings. The summed E-state index contributed by atoms with van der Waals surface area (Å²) in [6.45, 7) is 4.47. The fraction of sp³-hybridized carbons (Fsp3) is 0.654. The van der Waals surface area contributed by atoms with Crippen LogP contribution >= 0.6 is 11.3 Å². The number of alkyl halides is 2. The van der Waals surface area contributed by atoms with Crippen LogP contribution in [0.2, 0.25) is 0 Å². The number of nitrogens with zero attached hydrogens (tertiary/aromatic N) is 5. The molecule has 2 aromatic heterocycles. The minimum Gasteiger partial charge on any atom is -0.377 e. The van der Waals surface area contributed by atoms with Crippen molar-refractivity contribution in [1.29, 1.82) is 0 Å². The summed E-state index contributed by atoms with van der Waals surface area (Å²) >= 11 is 1.43. The summed E-state index contributed by atoms with van der Waals surface area (Å²) in [5.41, 5.74) is 0.958. The second-order valence-corrected chi connectivity index (χ2v) is 11.4. The van der Waals surface area contributed by atoms with Crippen LogP contribution in [0.1, 0.15) is 53.9 Å². The van der Waals surface area contributed by atoms with Crippen LogP contribution in [0.25, 0.3) is 0 Å². The molecule has 5 rings (SSSR count). The monoisotopic (exact) mass is 519 g/mol. The molecule has 1 saturated carbocycles. The summed E-state index contributed by atoms with van der Waals surface area (Å²) in [5.74, 6) is -2.42. The molecular weight excluding hydrogens is 484 g/mol. The van der Waals surface area contributed by atoms with Crippen molar-refractivity contribution in [2.75, 3.05) is 44.7 Å². The van der Waals surface area contributed by atoms with E-state index >= 15 is 0 Å². The second-order valence-electron chi connectivity index (χ2n) is 10.4. The number of pyridine rings is 1. The van der Waals surface area contributed by atoms with Crippen molar-refractivity contribution in [3.63, 3.8) is 0 Å². The first kappa shape index (κ1) is 25.5. The molecule has 1 unspecified atom stereocenters. The summed E-state index contributed by atoms with van der Waals surface area (Å²) in [5, 5.41) is 0.809. The quantitative estimate of drug-likeness (QED) is 0.518. The molecule has 2 saturated heterocycles. The molecule has 2 aliphatic heterocycles. The molecule has 0 aromatic carbocycles. The van der Waals surface area contributed by atoms with E-state index in [9.17, 15) is 13.6 Å². The molecule has 7 nitrogen and oxygen atoms in total. The van der Waals surface area contributed by atoms with E-state index in [0.717, 1.165) is 62.7 Å². The lowest BCUT2D eigenvalue weighted by Gasteiger charge is -2.43. The van der Waals surface area contributed by atoms with Gasteiger partial charge in [-0.1, -0.05) is 17.4 Å². The average Bonchev–Trinajstić information content (AvgIpc) is 3.37. The smallest absolute Gasteiger partial charge is 0.265 e. The van der Waals surface area contributed by atoms with E-state index in [1.165, 1.54) is 11.3 Å². The van der Waals surface area contributed by atoms with Crippen molar-refractivity contribution < 1.29 is 18.3 Å². The zero-order valence-corrected chi connectivity index (χ0v) is 21.6. The lowest BCUT2D eigenvalue weighted by Crippen LogP contribution is -2.51. The predicted octanol–water partition coefficient (Wildman–Crippen LogP) is 4.31. The Morgan fingerprint density at radius 1 is 1.19 bits per heavy atom. The highest BCUT2D eigenvalue weighted by molar-refractivity contribution is 7.17. The first-order chi connectivity index (χ1) is 17.4. The number of amides is 1. The Hall–Kier alpha value is -2.17. The summed E-state index contributed by atoms with van der Waals surface area (Å²) in [6.07, 6.45) is 7.49. The topological polar surface area (TPSA) is 61.8 Å². The zero-order chi connectivity index (χ0) is 25.1. The third kappa shape index (κ3) is 6.20. The molecule has 196 valence electrons. The van der Waals surface area contributed by atoms with Gasteiger partial charge in [0, 0.05) is 51.8 Å². The van der Waals surface area contributed by atoms with Crippen LogP contribution in [-0.4, -0.2) is 83.6 Å². The van der Waals surface area contributed by atoms with Gasteiger partial charge in [0.1, 0.15) is 4.88 Å². The van der Waals surface area contributed by atoms with Gasteiger partial charge in [-0.25, -0.2) is 13.8 Å². The molecule has 4 heterocycles. The standard InChI is InChI=1S/C26H35F2N5O2S/c1-31(16-20-5-2-3-9-29-20)25-30-15-23(36-25)24(34)32-11-7-21(8-12-32)33-10-4-6-22(17-33)35-18-19-13-26(27,28)14-19/h2-3,5,9,15,19,21-22H,4,6-8,10-14,16-18H2,1H3. The maximum absolute atomic E-state index is 13.1. The molecule has 36 heavy (non-hydrogen) atoms. The van der Waals surface area contributed by atoms with Crippen molar-refractivity contribution in [3.8, 4) is 0 Å². The minimum atomic E-state index is -2.48. The predicted molar refractivity (Wildman–Crippen MR) is 136 cm³/mol. The van der Waals surface area contributed by atoms with Crippen LogP contribution in [0.3, 0.4) is 0 Å². The maximum Gasteiger partial charge on any atom is 0.265 e. The van der Waals surface area contributed by atoms with Gasteiger partial charge >= 0.3 is 0 Å². The van der Waals surface area contributed by atoms with Crippen LogP contribution in [0, 0.1) is 5.92 Å². The lowest BCUT2D eigenvalue weighted by atomic mass is 9.82. The molecule has 10 heteroatoms. The molecule has 1 atom stereocenters. The van der Waals surface area contributed by atoms with Crippen LogP contribution in [-0.2, 0) is 11.3 Å². The number of piperidine rings is 2. The summed E-state index contributed by atoms with van der Waals surface area (Å²) in [7, 11) is 1.96. The highest BCUT2D eigenvalue weighted by atomic mass is 32.1. The molecule has 3 fully saturated rings. The van der Waals surface area contributed by atoms with E-state index < -0.39 is 5.92 Å². The Balaban J connectivity index is 1.07. The van der Waals surface area contributed by atoms with Gasteiger partial charge in [0.2, 0.25) is 5.92 Å². The number of rotatable bonds is 8. The molecule has 0 bridgehead atoms. The summed E-state index contributed by atoms with van der Waals surface area (Å²) in [6, 6.07) is 6.28. The molecule has 2 aromatic rings. The molecule has 1 amide bonds. The van der Waals surface area contributed by atoms with Crippen molar-refractivity contribution in [3.05, 3.63) is 41.2 Å². The van der Waals surface area contributed by atoms with Gasteiger partial charge in [-0.15, -0.1) is 0 Å². The first-order valence-corrected chi connectivity index (χ1v) is 13.8. The second kappa shape index (κ2) is 11.1. The van der Waals surface area contributed by atoms with Crippen LogP contribution in [0.15, 0.2) is 30.6 Å².